The van der Waals surface area contributed by atoms with E-state index < -0.39 is 0 Å². The molecule has 0 atom stereocenters. The zero-order valence-electron chi connectivity index (χ0n) is 9.14. The number of benzene rings is 1. The number of carbonyl (C=O) groups is 1. The van der Waals surface area contributed by atoms with Crippen LogP contribution in [0.4, 0.5) is 0 Å². The molecule has 0 radical (unpaired) electrons. The Morgan fingerprint density at radius 1 is 1.28 bits per heavy atom. The van der Waals surface area contributed by atoms with Gasteiger partial charge in [0.2, 0.25) is 0 Å². The van der Waals surface area contributed by atoms with Crippen LogP contribution in [0.1, 0.15) is 10.4 Å². The minimum absolute atomic E-state index is 0.0553. The van der Waals surface area contributed by atoms with Gasteiger partial charge >= 0.3 is 0 Å². The molecule has 6 heteroatoms. The van der Waals surface area contributed by atoms with Crippen molar-refractivity contribution in [1.82, 2.24) is 9.97 Å². The molecule has 2 rings (SSSR count). The first-order valence-electron chi connectivity index (χ1n) is 5.04. The number of hydrogen-bond donors (Lipinski definition) is 0. The quantitative estimate of drug-likeness (QED) is 0.490. The van der Waals surface area contributed by atoms with Crippen molar-refractivity contribution in [1.29, 1.82) is 0 Å². The first-order valence-corrected chi connectivity index (χ1v) is 6.78. The largest absolute Gasteiger partial charge is 0.293 e. The van der Waals surface area contributed by atoms with Gasteiger partial charge in [0, 0.05) is 16.8 Å². The van der Waals surface area contributed by atoms with Crippen molar-refractivity contribution in [3.05, 3.63) is 52.4 Å². The molecule has 0 unspecified atom stereocenters. The SMILES string of the molecule is O=C(CSc1ccncn1)c1ccc(Cl)cc1Cl. The summed E-state index contributed by atoms with van der Waals surface area (Å²) in [5, 5.41) is 1.64. The number of halogens is 2. The summed E-state index contributed by atoms with van der Waals surface area (Å²) in [4.78, 5) is 19.8. The molecule has 1 heterocycles. The van der Waals surface area contributed by atoms with Gasteiger partial charge in [-0.15, -0.1) is 0 Å². The Morgan fingerprint density at radius 2 is 2.11 bits per heavy atom. The third-order valence-corrected chi connectivity index (χ3v) is 3.63. The molecular weight excluding hydrogens is 291 g/mol. The molecular formula is C12H8Cl2N2OS. The summed E-state index contributed by atoms with van der Waals surface area (Å²) in [6.45, 7) is 0. The van der Waals surface area contributed by atoms with Gasteiger partial charge in [-0.3, -0.25) is 4.79 Å². The van der Waals surface area contributed by atoms with Crippen molar-refractivity contribution < 1.29 is 4.79 Å². The number of carbonyl (C=O) groups excluding carboxylic acids is 1. The van der Waals surface area contributed by atoms with Gasteiger partial charge in [0.05, 0.1) is 15.8 Å². The van der Waals surface area contributed by atoms with E-state index in [1.165, 1.54) is 18.1 Å². The molecule has 0 bridgehead atoms. The van der Waals surface area contributed by atoms with E-state index in [9.17, 15) is 4.79 Å². The number of nitrogens with zero attached hydrogens (tertiary/aromatic N) is 2. The smallest absolute Gasteiger partial charge is 0.174 e. The van der Waals surface area contributed by atoms with Crippen molar-refractivity contribution in [2.75, 3.05) is 5.75 Å². The molecule has 0 aliphatic rings. The second-order valence-corrected chi connectivity index (χ2v) is 5.22. The minimum atomic E-state index is -0.0553. The Hall–Kier alpha value is -1.10. The van der Waals surface area contributed by atoms with Crippen LogP contribution in [0.15, 0.2) is 41.8 Å². The maximum atomic E-state index is 12.0. The second kappa shape index (κ2) is 6.18. The van der Waals surface area contributed by atoms with E-state index in [2.05, 4.69) is 9.97 Å². The molecule has 0 spiro atoms. The summed E-state index contributed by atoms with van der Waals surface area (Å²) in [6.07, 6.45) is 3.08. The lowest BCUT2D eigenvalue weighted by Crippen LogP contribution is -2.03. The predicted octanol–water partition coefficient (Wildman–Crippen LogP) is 3.76. The number of rotatable bonds is 4. The fourth-order valence-electron chi connectivity index (χ4n) is 1.30. The molecule has 18 heavy (non-hydrogen) atoms. The molecule has 0 saturated carbocycles. The first-order chi connectivity index (χ1) is 8.66. The van der Waals surface area contributed by atoms with Gasteiger partial charge in [-0.25, -0.2) is 9.97 Å². The summed E-state index contributed by atoms with van der Waals surface area (Å²) in [6, 6.07) is 6.59. The Labute approximate surface area is 119 Å². The summed E-state index contributed by atoms with van der Waals surface area (Å²) < 4.78 is 0. The number of ketones is 1. The molecule has 0 N–H and O–H groups in total. The average Bonchev–Trinajstić information content (AvgIpc) is 2.37. The van der Waals surface area contributed by atoms with Crippen molar-refractivity contribution in [3.63, 3.8) is 0 Å². The number of Topliss-reactive ketones (excluding diaryl/α,β-unsaturated/α-hetero) is 1. The van der Waals surface area contributed by atoms with Crippen LogP contribution < -0.4 is 0 Å². The van der Waals surface area contributed by atoms with Crippen LogP contribution in [0.5, 0.6) is 0 Å². The van der Waals surface area contributed by atoms with Crippen molar-refractivity contribution in [2.45, 2.75) is 5.03 Å². The molecule has 92 valence electrons. The van der Waals surface area contributed by atoms with Crippen molar-refractivity contribution >= 4 is 40.7 Å². The van der Waals surface area contributed by atoms with Gasteiger partial charge in [-0.05, 0) is 24.3 Å². The topological polar surface area (TPSA) is 42.9 Å². The second-order valence-electron chi connectivity index (χ2n) is 3.38. The third-order valence-electron chi connectivity index (χ3n) is 2.14. The van der Waals surface area contributed by atoms with Crippen LogP contribution in [0.25, 0.3) is 0 Å². The van der Waals surface area contributed by atoms with Gasteiger partial charge in [0.1, 0.15) is 6.33 Å². The lowest BCUT2D eigenvalue weighted by atomic mass is 10.1. The Bertz CT molecular complexity index is 563. The summed E-state index contributed by atoms with van der Waals surface area (Å²) >= 11 is 13.1. The van der Waals surface area contributed by atoms with Crippen LogP contribution in [0, 0.1) is 0 Å². The maximum absolute atomic E-state index is 12.0. The monoisotopic (exact) mass is 298 g/mol. The van der Waals surface area contributed by atoms with E-state index in [1.54, 1.807) is 30.5 Å². The standard InChI is InChI=1S/C12H8Cl2N2OS/c13-8-1-2-9(10(14)5-8)11(17)6-18-12-3-4-15-7-16-12/h1-5,7H,6H2. The van der Waals surface area contributed by atoms with E-state index >= 15 is 0 Å². The van der Waals surface area contributed by atoms with Gasteiger partial charge < -0.3 is 0 Å². The highest BCUT2D eigenvalue weighted by Crippen LogP contribution is 2.23. The maximum Gasteiger partial charge on any atom is 0.174 e. The molecule has 0 fully saturated rings. The lowest BCUT2D eigenvalue weighted by Gasteiger charge is -2.03. The van der Waals surface area contributed by atoms with Gasteiger partial charge in [0.25, 0.3) is 0 Å². The third kappa shape index (κ3) is 3.45. The van der Waals surface area contributed by atoms with E-state index in [1.807, 2.05) is 0 Å². The van der Waals surface area contributed by atoms with E-state index in [0.29, 0.717) is 15.6 Å². The Balaban J connectivity index is 2.04. The molecule has 1 aromatic heterocycles. The molecule has 0 aliphatic heterocycles. The summed E-state index contributed by atoms with van der Waals surface area (Å²) in [7, 11) is 0. The average molecular weight is 299 g/mol. The fourth-order valence-corrected chi connectivity index (χ4v) is 2.52. The van der Waals surface area contributed by atoms with Gasteiger partial charge in [0.15, 0.2) is 5.78 Å². The summed E-state index contributed by atoms with van der Waals surface area (Å²) in [5.41, 5.74) is 0.475. The first kappa shape index (κ1) is 13.3. The van der Waals surface area contributed by atoms with E-state index in [4.69, 9.17) is 23.2 Å². The van der Waals surface area contributed by atoms with Gasteiger partial charge in [-0.2, -0.15) is 0 Å². The fraction of sp³-hybridized carbons (Fsp3) is 0.0833. The van der Waals surface area contributed by atoms with E-state index in [-0.39, 0.29) is 11.5 Å². The zero-order chi connectivity index (χ0) is 13.0. The number of hydrogen-bond acceptors (Lipinski definition) is 4. The molecule has 0 amide bonds. The highest BCUT2D eigenvalue weighted by molar-refractivity contribution is 7.99. The highest BCUT2D eigenvalue weighted by atomic mass is 35.5. The number of thioether (sulfide) groups is 1. The predicted molar refractivity (Wildman–Crippen MR) is 73.5 cm³/mol. The van der Waals surface area contributed by atoms with Crippen LogP contribution in [0.2, 0.25) is 10.0 Å². The highest BCUT2D eigenvalue weighted by Gasteiger charge is 2.11. The lowest BCUT2D eigenvalue weighted by molar-refractivity contribution is 0.102. The molecule has 0 saturated heterocycles. The van der Waals surface area contributed by atoms with Crippen LogP contribution >= 0.6 is 35.0 Å². The van der Waals surface area contributed by atoms with Crippen LogP contribution in [0.3, 0.4) is 0 Å². The molecule has 1 aromatic carbocycles. The van der Waals surface area contributed by atoms with Crippen molar-refractivity contribution in [2.24, 2.45) is 0 Å². The number of aromatic nitrogens is 2. The Kier molecular flexibility index (Phi) is 4.58. The normalized spacial score (nSPS) is 10.3. The van der Waals surface area contributed by atoms with E-state index in [0.717, 1.165) is 5.03 Å². The van der Waals surface area contributed by atoms with Crippen LogP contribution in [-0.2, 0) is 0 Å². The zero-order valence-corrected chi connectivity index (χ0v) is 11.5. The molecule has 3 nitrogen and oxygen atoms in total. The molecule has 0 aliphatic carbocycles. The van der Waals surface area contributed by atoms with Crippen molar-refractivity contribution in [3.8, 4) is 0 Å². The summed E-state index contributed by atoms with van der Waals surface area (Å²) in [5.74, 6) is 0.221. The Morgan fingerprint density at radius 3 is 2.78 bits per heavy atom. The minimum Gasteiger partial charge on any atom is -0.293 e. The van der Waals surface area contributed by atoms with Gasteiger partial charge in [-0.1, -0.05) is 35.0 Å². The van der Waals surface area contributed by atoms with Crippen LogP contribution in [-0.4, -0.2) is 21.5 Å². The molecule has 2 aromatic rings.